The van der Waals surface area contributed by atoms with Gasteiger partial charge in [0.25, 0.3) is 6.47 Å². The van der Waals surface area contributed by atoms with Crippen molar-refractivity contribution in [1.29, 1.82) is 0 Å². The number of carboxylic acids is 1. The van der Waals surface area contributed by atoms with Crippen molar-refractivity contribution in [2.45, 2.75) is 70.1 Å². The summed E-state index contributed by atoms with van der Waals surface area (Å²) in [4.78, 5) is 30.2. The number of hydrogen-bond donors (Lipinski definition) is 4. The highest BCUT2D eigenvalue weighted by molar-refractivity contribution is 6.47. The van der Waals surface area contributed by atoms with Gasteiger partial charge in [-0.25, -0.2) is 0 Å². The number of nitrogens with one attached hydrogen (secondary N) is 1. The van der Waals surface area contributed by atoms with E-state index in [1.807, 2.05) is 26.8 Å². The Morgan fingerprint density at radius 1 is 1.26 bits per heavy atom. The second-order valence-corrected chi connectivity index (χ2v) is 12.1. The fourth-order valence-corrected chi connectivity index (χ4v) is 8.12. The molecule has 0 amide bonds. The van der Waals surface area contributed by atoms with Crippen molar-refractivity contribution >= 4 is 29.8 Å². The first-order valence-electron chi connectivity index (χ1n) is 13.1. The Hall–Kier alpha value is -2.46. The molecule has 10 heteroatoms. The molecule has 5 rings (SSSR count). The van der Waals surface area contributed by atoms with E-state index in [1.54, 1.807) is 19.1 Å². The van der Waals surface area contributed by atoms with Crippen LogP contribution in [0, 0.1) is 35.5 Å². The van der Waals surface area contributed by atoms with Crippen LogP contribution < -0.4 is 5.32 Å². The number of fused-ring (bicyclic) bond motifs is 4. The monoisotopic (exact) mass is 546 g/mol. The van der Waals surface area contributed by atoms with Gasteiger partial charge in [-0.2, -0.15) is 0 Å². The number of carbonyl (C=O) groups is 2. The second-order valence-electron chi connectivity index (χ2n) is 11.6. The maximum Gasteiger partial charge on any atom is 0.321 e. The summed E-state index contributed by atoms with van der Waals surface area (Å²) in [6.07, 6.45) is 4.75. The zero-order valence-electron chi connectivity index (χ0n) is 21.9. The highest BCUT2D eigenvalue weighted by Crippen LogP contribution is 2.60. The Bertz CT molecular complexity index is 1190. The number of halogens is 1. The summed E-state index contributed by atoms with van der Waals surface area (Å²) in [7, 11) is 0. The van der Waals surface area contributed by atoms with Gasteiger partial charge in [0, 0.05) is 23.3 Å². The number of nitrogens with zero attached hydrogens (tertiary/aromatic N) is 1. The Morgan fingerprint density at radius 3 is 2.61 bits per heavy atom. The molecule has 11 atom stereocenters. The molecule has 2 heterocycles. The van der Waals surface area contributed by atoms with Gasteiger partial charge >= 0.3 is 5.97 Å². The van der Waals surface area contributed by atoms with Crippen LogP contribution in [0.4, 0.5) is 0 Å². The minimum absolute atomic E-state index is 0.0695. The fraction of sp³-hybridized carbons (Fsp3) is 0.607. The van der Waals surface area contributed by atoms with Gasteiger partial charge in [0.05, 0.1) is 10.6 Å². The van der Waals surface area contributed by atoms with Gasteiger partial charge < -0.3 is 24.9 Å². The van der Waals surface area contributed by atoms with Crippen LogP contribution in [0.3, 0.4) is 0 Å². The van der Waals surface area contributed by atoms with Crippen LogP contribution in [-0.4, -0.2) is 63.0 Å². The van der Waals surface area contributed by atoms with Crippen molar-refractivity contribution < 1.29 is 34.5 Å². The number of rotatable bonds is 5. The number of allylic oxidation sites excluding steroid dienone is 4. The van der Waals surface area contributed by atoms with Crippen molar-refractivity contribution in [3.63, 3.8) is 0 Å². The topological polar surface area (TPSA) is 138 Å². The molecule has 206 valence electrons. The number of aliphatic hydroxyl groups is 2. The van der Waals surface area contributed by atoms with Crippen LogP contribution in [0.15, 0.2) is 51.7 Å². The van der Waals surface area contributed by atoms with E-state index < -0.39 is 53.3 Å². The minimum atomic E-state index is -1.95. The molecule has 5 aliphatic rings. The van der Waals surface area contributed by atoms with Gasteiger partial charge in [-0.3, -0.25) is 14.9 Å². The number of oxime groups is 1. The predicted molar refractivity (Wildman–Crippen MR) is 140 cm³/mol. The normalized spacial score (nSPS) is 45.6. The lowest BCUT2D eigenvalue weighted by molar-refractivity contribution is -0.209. The van der Waals surface area contributed by atoms with Gasteiger partial charge in [-0.15, -0.1) is 0 Å². The first-order chi connectivity index (χ1) is 17.9. The molecule has 0 aromatic heterocycles. The molecular weight excluding hydrogens is 512 g/mol. The molecule has 0 radical (unpaired) electrons. The summed E-state index contributed by atoms with van der Waals surface area (Å²) in [5, 5.41) is 43.1. The summed E-state index contributed by atoms with van der Waals surface area (Å²) >= 11 is 6.51. The number of ether oxygens (including phenoxy) is 1. The molecule has 0 bridgehead atoms. The van der Waals surface area contributed by atoms with Crippen molar-refractivity contribution in [3.05, 3.63) is 46.6 Å². The smallest absolute Gasteiger partial charge is 0.321 e. The summed E-state index contributed by atoms with van der Waals surface area (Å²) in [6, 6.07) is -1.35. The number of carbonyl (C=O) groups excluding carboxylic acids is 1. The summed E-state index contributed by atoms with van der Waals surface area (Å²) < 4.78 is 5.62. The van der Waals surface area contributed by atoms with Crippen LogP contribution in [0.2, 0.25) is 0 Å². The SMILES string of the molecule is C=C(C)C1CCC(C)[C@]2(O)C([C@H]3[C@@H](C(=O)O)N[C@@H]4ON=C5C(Cl)=C[C@H](C)C=C5[C@@]43O)C(OC=O)C(C)=C[C@@H]12. The van der Waals surface area contributed by atoms with Crippen molar-refractivity contribution in [3.8, 4) is 0 Å². The average Bonchev–Trinajstić information content (AvgIpc) is 3.15. The maximum atomic E-state index is 12.8. The van der Waals surface area contributed by atoms with Gasteiger partial charge in [-0.1, -0.05) is 61.0 Å². The lowest BCUT2D eigenvalue weighted by atomic mass is 9.49. The van der Waals surface area contributed by atoms with Crippen LogP contribution >= 0.6 is 11.6 Å². The Morgan fingerprint density at radius 2 is 1.97 bits per heavy atom. The zero-order chi connectivity index (χ0) is 27.7. The standard InChI is InChI=1S/C28H35ClN2O7/c1-12(2)16-7-6-15(5)27(35)17(16)10-14(4)24(37-11-32)21(27)20-23(25(33)34)30-26-28(20,36)18-8-13(3)9-19(29)22(18)31-38-26/h8-11,13,15-17,20-21,23-24,26,30,35-36H,1,6-7H2,2-5H3,(H,33,34)/t13-,15?,16?,17+,20+,21?,23+,24?,26-,27-,28+/m1/s1. The van der Waals surface area contributed by atoms with Crippen molar-refractivity contribution in [2.75, 3.05) is 0 Å². The van der Waals surface area contributed by atoms with Gasteiger partial charge in [0.15, 0.2) is 0 Å². The Labute approximate surface area is 226 Å². The molecule has 2 aliphatic heterocycles. The van der Waals surface area contributed by atoms with Crippen LogP contribution in [-0.2, 0) is 19.2 Å². The quantitative estimate of drug-likeness (QED) is 0.305. The third-order valence-electron chi connectivity index (χ3n) is 9.51. The molecule has 4 N–H and O–H groups in total. The first kappa shape index (κ1) is 27.1. The van der Waals surface area contributed by atoms with Gasteiger partial charge in [0.2, 0.25) is 6.23 Å². The minimum Gasteiger partial charge on any atom is -0.480 e. The number of hydrogen-bond acceptors (Lipinski definition) is 8. The molecule has 2 fully saturated rings. The third kappa shape index (κ3) is 3.66. The second kappa shape index (κ2) is 9.33. The van der Waals surface area contributed by atoms with E-state index >= 15 is 0 Å². The summed E-state index contributed by atoms with van der Waals surface area (Å²) in [5.41, 5.74) is -1.34. The largest absolute Gasteiger partial charge is 0.480 e. The van der Waals surface area contributed by atoms with E-state index in [0.29, 0.717) is 24.0 Å². The van der Waals surface area contributed by atoms with E-state index in [9.17, 15) is 24.9 Å². The molecule has 0 aromatic carbocycles. The van der Waals surface area contributed by atoms with Crippen molar-refractivity contribution in [2.24, 2.45) is 40.7 Å². The molecule has 0 spiro atoms. The lowest BCUT2D eigenvalue weighted by Crippen LogP contribution is -2.68. The van der Waals surface area contributed by atoms with E-state index in [-0.39, 0.29) is 28.5 Å². The predicted octanol–water partition coefficient (Wildman–Crippen LogP) is 2.89. The Balaban J connectivity index is 1.76. The number of carboxylic acid groups (broad SMARTS) is 1. The fourth-order valence-electron chi connectivity index (χ4n) is 7.79. The highest BCUT2D eigenvalue weighted by Gasteiger charge is 2.71. The first-order valence-corrected chi connectivity index (χ1v) is 13.5. The van der Waals surface area contributed by atoms with Gasteiger partial charge in [-0.05, 0) is 50.0 Å². The summed E-state index contributed by atoms with van der Waals surface area (Å²) in [6.45, 7) is 12.0. The molecule has 3 aliphatic carbocycles. The lowest BCUT2D eigenvalue weighted by Gasteiger charge is -2.59. The molecule has 9 nitrogen and oxygen atoms in total. The molecule has 4 unspecified atom stereocenters. The van der Waals surface area contributed by atoms with E-state index in [0.717, 1.165) is 12.0 Å². The zero-order valence-corrected chi connectivity index (χ0v) is 22.7. The van der Waals surface area contributed by atoms with Crippen LogP contribution in [0.25, 0.3) is 0 Å². The maximum absolute atomic E-state index is 12.8. The highest BCUT2D eigenvalue weighted by atomic mass is 35.5. The molecule has 1 saturated heterocycles. The van der Waals surface area contributed by atoms with E-state index in [2.05, 4.69) is 17.1 Å². The molecule has 0 aromatic rings. The molecule has 1 saturated carbocycles. The molecule has 38 heavy (non-hydrogen) atoms. The van der Waals surface area contributed by atoms with E-state index in [1.165, 1.54) is 0 Å². The number of aliphatic carboxylic acids is 1. The Kier molecular flexibility index (Phi) is 6.66. The van der Waals surface area contributed by atoms with Crippen molar-refractivity contribution in [1.82, 2.24) is 5.32 Å². The third-order valence-corrected chi connectivity index (χ3v) is 9.81. The molecular formula is C28H35ClN2O7. The van der Waals surface area contributed by atoms with E-state index in [4.69, 9.17) is 21.2 Å². The average molecular weight is 547 g/mol. The van der Waals surface area contributed by atoms with Crippen LogP contribution in [0.1, 0.15) is 40.5 Å². The van der Waals surface area contributed by atoms with Crippen LogP contribution in [0.5, 0.6) is 0 Å². The summed E-state index contributed by atoms with van der Waals surface area (Å²) in [5.74, 6) is -4.37. The van der Waals surface area contributed by atoms with Gasteiger partial charge in [0.1, 0.15) is 23.5 Å².